The van der Waals surface area contributed by atoms with E-state index >= 15 is 0 Å². The van der Waals surface area contributed by atoms with Gasteiger partial charge in [-0.25, -0.2) is 0 Å². The fraction of sp³-hybridized carbons (Fsp3) is 0.600. The van der Waals surface area contributed by atoms with Gasteiger partial charge < -0.3 is 15.4 Å². The predicted molar refractivity (Wildman–Crippen MR) is 83.5 cm³/mol. The molecule has 0 bridgehead atoms. The topological polar surface area (TPSA) is 33.3 Å². The molecular formula is C15H25ClN2O. The first-order valence-corrected chi connectivity index (χ1v) is 7.21. The number of benzene rings is 1. The van der Waals surface area contributed by atoms with Gasteiger partial charge in [0.25, 0.3) is 0 Å². The Morgan fingerprint density at radius 2 is 1.95 bits per heavy atom. The highest BCUT2D eigenvalue weighted by Crippen LogP contribution is 2.27. The molecule has 0 spiro atoms. The molecule has 19 heavy (non-hydrogen) atoms. The largest absolute Gasteiger partial charge is 0.492 e. The van der Waals surface area contributed by atoms with Crippen molar-refractivity contribution in [1.82, 2.24) is 5.32 Å². The van der Waals surface area contributed by atoms with Crippen molar-refractivity contribution in [2.45, 2.75) is 39.7 Å². The summed E-state index contributed by atoms with van der Waals surface area (Å²) in [5.74, 6) is 0.752. The van der Waals surface area contributed by atoms with Crippen LogP contribution in [0.15, 0.2) is 18.2 Å². The Balaban J connectivity index is 2.41. The summed E-state index contributed by atoms with van der Waals surface area (Å²) in [6.07, 6.45) is 0.981. The van der Waals surface area contributed by atoms with Crippen LogP contribution in [0.1, 0.15) is 34.1 Å². The van der Waals surface area contributed by atoms with Crippen molar-refractivity contribution in [3.63, 3.8) is 0 Å². The van der Waals surface area contributed by atoms with Gasteiger partial charge in [-0.3, -0.25) is 0 Å². The van der Waals surface area contributed by atoms with Crippen LogP contribution in [-0.4, -0.2) is 25.2 Å². The van der Waals surface area contributed by atoms with Crippen molar-refractivity contribution < 1.29 is 4.74 Å². The first kappa shape index (κ1) is 16.1. The maximum atomic E-state index is 6.17. The van der Waals surface area contributed by atoms with Crippen LogP contribution < -0.4 is 15.4 Å². The summed E-state index contributed by atoms with van der Waals surface area (Å²) in [6, 6.07) is 5.81. The van der Waals surface area contributed by atoms with E-state index < -0.39 is 0 Å². The molecule has 0 aromatic heterocycles. The summed E-state index contributed by atoms with van der Waals surface area (Å²) < 4.78 is 5.54. The maximum absolute atomic E-state index is 6.17. The quantitative estimate of drug-likeness (QED) is 0.745. The Kier molecular flexibility index (Phi) is 6.46. The SMILES string of the molecule is CCCOc1ccc(NCCNC(C)(C)C)cc1Cl. The molecule has 0 atom stereocenters. The minimum absolute atomic E-state index is 0.150. The van der Waals surface area contributed by atoms with E-state index in [2.05, 4.69) is 38.3 Å². The lowest BCUT2D eigenvalue weighted by molar-refractivity contribution is 0.317. The van der Waals surface area contributed by atoms with Crippen LogP contribution in [-0.2, 0) is 0 Å². The summed E-state index contributed by atoms with van der Waals surface area (Å²) >= 11 is 6.17. The van der Waals surface area contributed by atoms with Crippen molar-refractivity contribution >= 4 is 17.3 Å². The van der Waals surface area contributed by atoms with Gasteiger partial charge in [-0.2, -0.15) is 0 Å². The highest BCUT2D eigenvalue weighted by atomic mass is 35.5. The Bertz CT molecular complexity index is 388. The minimum Gasteiger partial charge on any atom is -0.492 e. The summed E-state index contributed by atoms with van der Waals surface area (Å²) in [5, 5.41) is 7.42. The third kappa shape index (κ3) is 6.69. The Morgan fingerprint density at radius 1 is 1.21 bits per heavy atom. The molecule has 0 unspecified atom stereocenters. The first-order valence-electron chi connectivity index (χ1n) is 6.83. The second-order valence-corrected chi connectivity index (χ2v) is 6.00. The molecule has 0 aliphatic carbocycles. The van der Waals surface area contributed by atoms with Gasteiger partial charge in [-0.05, 0) is 45.4 Å². The Morgan fingerprint density at radius 3 is 2.53 bits per heavy atom. The number of nitrogens with one attached hydrogen (secondary N) is 2. The van der Waals surface area contributed by atoms with Crippen molar-refractivity contribution in [3.05, 3.63) is 23.2 Å². The number of anilines is 1. The first-order chi connectivity index (χ1) is 8.92. The molecule has 2 N–H and O–H groups in total. The lowest BCUT2D eigenvalue weighted by Gasteiger charge is -2.20. The molecule has 1 rings (SSSR count). The maximum Gasteiger partial charge on any atom is 0.138 e. The number of hydrogen-bond donors (Lipinski definition) is 2. The minimum atomic E-state index is 0.150. The van der Waals surface area contributed by atoms with Gasteiger partial charge in [0.05, 0.1) is 11.6 Å². The molecule has 0 heterocycles. The molecule has 0 aliphatic rings. The van der Waals surface area contributed by atoms with E-state index in [1.54, 1.807) is 0 Å². The molecule has 0 saturated heterocycles. The van der Waals surface area contributed by atoms with Crippen LogP contribution in [0.3, 0.4) is 0 Å². The monoisotopic (exact) mass is 284 g/mol. The van der Waals surface area contributed by atoms with Crippen LogP contribution in [0.25, 0.3) is 0 Å². The zero-order valence-electron chi connectivity index (χ0n) is 12.3. The average Bonchev–Trinajstić information content (AvgIpc) is 2.32. The van der Waals surface area contributed by atoms with E-state index in [4.69, 9.17) is 16.3 Å². The van der Waals surface area contributed by atoms with Gasteiger partial charge >= 0.3 is 0 Å². The van der Waals surface area contributed by atoms with Crippen LogP contribution in [0.4, 0.5) is 5.69 Å². The molecule has 1 aromatic rings. The number of halogens is 1. The number of hydrogen-bond acceptors (Lipinski definition) is 3. The van der Waals surface area contributed by atoms with E-state index in [1.807, 2.05) is 18.2 Å². The van der Waals surface area contributed by atoms with E-state index in [0.29, 0.717) is 11.6 Å². The van der Waals surface area contributed by atoms with Gasteiger partial charge in [-0.1, -0.05) is 18.5 Å². The summed E-state index contributed by atoms with van der Waals surface area (Å²) in [7, 11) is 0. The van der Waals surface area contributed by atoms with Gasteiger partial charge in [0.1, 0.15) is 5.75 Å². The molecule has 4 heteroatoms. The van der Waals surface area contributed by atoms with E-state index in [1.165, 1.54) is 0 Å². The highest BCUT2D eigenvalue weighted by molar-refractivity contribution is 6.32. The molecule has 3 nitrogen and oxygen atoms in total. The summed E-state index contributed by atoms with van der Waals surface area (Å²) in [5.41, 5.74) is 1.17. The lowest BCUT2D eigenvalue weighted by atomic mass is 10.1. The zero-order chi connectivity index (χ0) is 14.3. The van der Waals surface area contributed by atoms with Crippen LogP contribution >= 0.6 is 11.6 Å². The van der Waals surface area contributed by atoms with Crippen LogP contribution in [0, 0.1) is 0 Å². The zero-order valence-corrected chi connectivity index (χ0v) is 13.1. The summed E-state index contributed by atoms with van der Waals surface area (Å²) in [4.78, 5) is 0. The molecule has 0 saturated carbocycles. The van der Waals surface area contributed by atoms with Gasteiger partial charge in [-0.15, -0.1) is 0 Å². The number of rotatable bonds is 7. The van der Waals surface area contributed by atoms with Crippen LogP contribution in [0.5, 0.6) is 5.75 Å². The fourth-order valence-electron chi connectivity index (χ4n) is 1.58. The fourth-order valence-corrected chi connectivity index (χ4v) is 1.82. The second-order valence-electron chi connectivity index (χ2n) is 5.60. The third-order valence-electron chi connectivity index (χ3n) is 2.50. The third-order valence-corrected chi connectivity index (χ3v) is 2.80. The normalized spacial score (nSPS) is 11.4. The average molecular weight is 285 g/mol. The summed E-state index contributed by atoms with van der Waals surface area (Å²) in [6.45, 7) is 11.0. The standard InChI is InChI=1S/C15H25ClN2O/c1-5-10-19-14-7-6-12(11-13(14)16)17-8-9-18-15(2,3)4/h6-7,11,17-18H,5,8-10H2,1-4H3. The van der Waals surface area contributed by atoms with Crippen molar-refractivity contribution in [2.75, 3.05) is 25.0 Å². The molecule has 108 valence electrons. The Hall–Kier alpha value is -0.930. The van der Waals surface area contributed by atoms with E-state index in [0.717, 1.165) is 30.9 Å². The highest BCUT2D eigenvalue weighted by Gasteiger charge is 2.07. The number of ether oxygens (including phenoxy) is 1. The molecule has 1 aromatic carbocycles. The van der Waals surface area contributed by atoms with Crippen molar-refractivity contribution in [2.24, 2.45) is 0 Å². The van der Waals surface area contributed by atoms with Gasteiger partial charge in [0.2, 0.25) is 0 Å². The predicted octanol–water partition coefficient (Wildman–Crippen LogP) is 3.93. The van der Waals surface area contributed by atoms with Crippen molar-refractivity contribution in [1.29, 1.82) is 0 Å². The van der Waals surface area contributed by atoms with Gasteiger partial charge in [0.15, 0.2) is 0 Å². The molecule has 0 amide bonds. The second kappa shape index (κ2) is 7.61. The van der Waals surface area contributed by atoms with Gasteiger partial charge in [0, 0.05) is 24.3 Å². The van der Waals surface area contributed by atoms with Crippen LogP contribution in [0.2, 0.25) is 5.02 Å². The smallest absolute Gasteiger partial charge is 0.138 e. The molecule has 0 fully saturated rings. The molecular weight excluding hydrogens is 260 g/mol. The Labute approximate surface area is 121 Å². The van der Waals surface area contributed by atoms with E-state index in [9.17, 15) is 0 Å². The lowest BCUT2D eigenvalue weighted by Crippen LogP contribution is -2.38. The van der Waals surface area contributed by atoms with Crippen molar-refractivity contribution in [3.8, 4) is 5.75 Å². The molecule has 0 radical (unpaired) electrons. The molecule has 0 aliphatic heterocycles. The van der Waals surface area contributed by atoms with E-state index in [-0.39, 0.29) is 5.54 Å².